The van der Waals surface area contributed by atoms with Crippen molar-refractivity contribution in [1.29, 1.82) is 0 Å². The second kappa shape index (κ2) is 14.7. The summed E-state index contributed by atoms with van der Waals surface area (Å²) >= 11 is 0. The van der Waals surface area contributed by atoms with Crippen LogP contribution in [0.4, 0.5) is 0 Å². The van der Waals surface area contributed by atoms with Crippen molar-refractivity contribution in [1.82, 2.24) is 10.2 Å². The summed E-state index contributed by atoms with van der Waals surface area (Å²) in [4.78, 5) is 41.3. The maximum absolute atomic E-state index is 14.2. The standard InChI is InChI=1S/C47H72N2O6/c1-29(2)39-33(50)25-47(36(51)27-48-32(28-49(10)11)30-15-13-12-14-16-30)24-23-45(8)31(40(39)47)17-18-35-44(7)21-20-37(55-38(52)26-42(3,4)41(53)54)43(5,6)34(44)19-22-46(35,45)9/h12-16,29,31-32,34-37,48,51H,17-28H2,1-11H3,(H,53,54)/t31-,32?,34+,35-,36+,37+,44+,45-,46-,47+/m1/s1. The van der Waals surface area contributed by atoms with Crippen LogP contribution in [0.1, 0.15) is 138 Å². The van der Waals surface area contributed by atoms with Crippen molar-refractivity contribution in [2.45, 2.75) is 145 Å². The van der Waals surface area contributed by atoms with Gasteiger partial charge >= 0.3 is 11.9 Å². The van der Waals surface area contributed by atoms with Crippen LogP contribution < -0.4 is 5.32 Å². The Hall–Kier alpha value is -2.55. The number of benzene rings is 1. The Balaban J connectivity index is 1.27. The summed E-state index contributed by atoms with van der Waals surface area (Å²) in [7, 11) is 4.16. The number of Topliss-reactive ketones (excluding diaryl/α,β-unsaturated/α-hetero) is 1. The predicted molar refractivity (Wildman–Crippen MR) is 217 cm³/mol. The van der Waals surface area contributed by atoms with Gasteiger partial charge < -0.3 is 25.2 Å². The highest BCUT2D eigenvalue weighted by Gasteiger charge is 2.70. The summed E-state index contributed by atoms with van der Waals surface area (Å²) in [6.07, 6.45) is 7.18. The van der Waals surface area contributed by atoms with Gasteiger partial charge in [0, 0.05) is 36.4 Å². The van der Waals surface area contributed by atoms with Crippen LogP contribution in [0, 0.1) is 56.2 Å². The molecule has 3 N–H and O–H groups in total. The average Bonchev–Trinajstić information content (AvgIpc) is 3.41. The molecule has 5 aliphatic carbocycles. The molecular weight excluding hydrogens is 689 g/mol. The number of esters is 1. The number of nitrogens with one attached hydrogen (secondary N) is 1. The zero-order chi connectivity index (χ0) is 40.5. The van der Waals surface area contributed by atoms with E-state index in [1.807, 2.05) is 6.07 Å². The summed E-state index contributed by atoms with van der Waals surface area (Å²) in [5.74, 6) is 0.0404. The van der Waals surface area contributed by atoms with Crippen molar-refractivity contribution < 1.29 is 29.3 Å². The molecule has 6 rings (SSSR count). The maximum atomic E-state index is 14.2. The number of allylic oxidation sites excluding steroid dienone is 1. The molecule has 10 atom stereocenters. The van der Waals surface area contributed by atoms with Gasteiger partial charge in [-0.1, -0.05) is 84.4 Å². The number of aliphatic hydroxyl groups excluding tert-OH is 1. The molecule has 1 aromatic rings. The minimum absolute atomic E-state index is 0.0198. The number of fused-ring (bicyclic) bond motifs is 7. The highest BCUT2D eigenvalue weighted by molar-refractivity contribution is 6.00. The molecule has 55 heavy (non-hydrogen) atoms. The molecule has 0 spiro atoms. The SMILES string of the molecule is CC(C)C1=C2[C@H]3CC[C@@H]4[C@@]5(C)CC[C@H](OC(=O)CC(C)(C)C(=O)O)C(C)(C)[C@@H]5CC[C@@]4(C)[C@]3(C)CC[C@@]2([C@@H](O)CNC(CN(C)C)c2ccccc2)CC1=O. The van der Waals surface area contributed by atoms with Crippen molar-refractivity contribution in [2.75, 3.05) is 27.2 Å². The zero-order valence-electron chi connectivity index (χ0n) is 35.9. The van der Waals surface area contributed by atoms with E-state index in [4.69, 9.17) is 4.74 Å². The van der Waals surface area contributed by atoms with Gasteiger partial charge in [-0.3, -0.25) is 14.4 Å². The number of carbonyl (C=O) groups excluding carboxylic acids is 2. The molecule has 0 radical (unpaired) electrons. The molecule has 1 aromatic carbocycles. The van der Waals surface area contributed by atoms with Gasteiger partial charge in [-0.25, -0.2) is 0 Å². The van der Waals surface area contributed by atoms with Gasteiger partial charge in [0.1, 0.15) is 6.10 Å². The summed E-state index contributed by atoms with van der Waals surface area (Å²) in [6.45, 7) is 21.0. The van der Waals surface area contributed by atoms with E-state index in [2.05, 4.69) is 97.0 Å². The lowest BCUT2D eigenvalue weighted by molar-refractivity contribution is -0.235. The van der Waals surface area contributed by atoms with Crippen LogP contribution in [-0.2, 0) is 19.1 Å². The lowest BCUT2D eigenvalue weighted by Gasteiger charge is -2.72. The Morgan fingerprint density at radius 2 is 1.60 bits per heavy atom. The number of ketones is 1. The van der Waals surface area contributed by atoms with Gasteiger partial charge in [0.15, 0.2) is 5.78 Å². The number of carboxylic acids is 1. The number of nitrogens with zero attached hydrogens (tertiary/aromatic N) is 1. The predicted octanol–water partition coefficient (Wildman–Crippen LogP) is 8.63. The minimum Gasteiger partial charge on any atom is -0.481 e. The van der Waals surface area contributed by atoms with Gasteiger partial charge in [-0.2, -0.15) is 0 Å². The molecule has 0 amide bonds. The Morgan fingerprint density at radius 1 is 0.927 bits per heavy atom. The third-order valence-corrected chi connectivity index (χ3v) is 16.8. The monoisotopic (exact) mass is 761 g/mol. The Labute approximate surface area is 331 Å². The van der Waals surface area contributed by atoms with Crippen molar-refractivity contribution in [3.63, 3.8) is 0 Å². The van der Waals surface area contributed by atoms with Gasteiger partial charge in [0.25, 0.3) is 0 Å². The Bertz CT molecular complexity index is 1670. The number of ether oxygens (including phenoxy) is 1. The molecule has 0 aliphatic heterocycles. The lowest BCUT2D eigenvalue weighted by Crippen LogP contribution is -2.66. The third kappa shape index (κ3) is 6.86. The largest absolute Gasteiger partial charge is 0.481 e. The van der Waals surface area contributed by atoms with Crippen LogP contribution in [0.2, 0.25) is 0 Å². The number of hydrogen-bond donors (Lipinski definition) is 3. The van der Waals surface area contributed by atoms with Crippen LogP contribution in [0.15, 0.2) is 41.5 Å². The van der Waals surface area contributed by atoms with E-state index in [0.717, 1.165) is 63.5 Å². The van der Waals surface area contributed by atoms with Crippen LogP contribution in [0.3, 0.4) is 0 Å². The molecule has 8 heteroatoms. The first-order valence-corrected chi connectivity index (χ1v) is 21.4. The highest BCUT2D eigenvalue weighted by atomic mass is 16.5. The van der Waals surface area contributed by atoms with E-state index < -0.39 is 28.9 Å². The third-order valence-electron chi connectivity index (χ3n) is 16.8. The summed E-state index contributed by atoms with van der Waals surface area (Å²) in [5, 5.41) is 25.8. The molecule has 0 saturated heterocycles. The normalized spacial score (nSPS) is 36.8. The number of carbonyl (C=O) groups is 3. The second-order valence-corrected chi connectivity index (χ2v) is 21.2. The van der Waals surface area contributed by atoms with Crippen LogP contribution in [0.5, 0.6) is 0 Å². The van der Waals surface area contributed by atoms with E-state index in [0.29, 0.717) is 24.8 Å². The van der Waals surface area contributed by atoms with Gasteiger partial charge in [-0.05, 0) is 130 Å². The summed E-state index contributed by atoms with van der Waals surface area (Å²) < 4.78 is 6.19. The number of aliphatic carboxylic acids is 1. The zero-order valence-corrected chi connectivity index (χ0v) is 35.9. The highest BCUT2D eigenvalue weighted by Crippen LogP contribution is 2.77. The number of rotatable bonds is 12. The summed E-state index contributed by atoms with van der Waals surface area (Å²) in [5.41, 5.74) is 1.63. The van der Waals surface area contributed by atoms with Gasteiger partial charge in [-0.15, -0.1) is 0 Å². The number of carboxylic acid groups (broad SMARTS) is 1. The number of likely N-dealkylation sites (N-methyl/N-ethyl adjacent to an activating group) is 1. The molecule has 4 saturated carbocycles. The van der Waals surface area contributed by atoms with Crippen molar-refractivity contribution in [3.05, 3.63) is 47.0 Å². The Morgan fingerprint density at radius 3 is 2.22 bits per heavy atom. The van der Waals surface area contributed by atoms with Crippen LogP contribution in [-0.4, -0.2) is 72.2 Å². The summed E-state index contributed by atoms with van der Waals surface area (Å²) in [6, 6.07) is 10.5. The molecule has 0 aromatic heterocycles. The molecule has 4 fully saturated rings. The molecule has 0 heterocycles. The van der Waals surface area contributed by atoms with E-state index in [9.17, 15) is 24.6 Å². The van der Waals surface area contributed by atoms with Crippen LogP contribution >= 0.6 is 0 Å². The fourth-order valence-electron chi connectivity index (χ4n) is 13.7. The van der Waals surface area contributed by atoms with E-state index >= 15 is 0 Å². The molecule has 1 unspecified atom stereocenters. The van der Waals surface area contributed by atoms with E-state index in [-0.39, 0.29) is 57.8 Å². The number of aliphatic hydroxyl groups is 1. The maximum Gasteiger partial charge on any atom is 0.309 e. The average molecular weight is 761 g/mol. The van der Waals surface area contributed by atoms with Crippen molar-refractivity contribution in [2.24, 2.45) is 56.2 Å². The first-order valence-electron chi connectivity index (χ1n) is 21.4. The molecule has 306 valence electrons. The van der Waals surface area contributed by atoms with Crippen molar-refractivity contribution in [3.8, 4) is 0 Å². The fraction of sp³-hybridized carbons (Fsp3) is 0.766. The first-order chi connectivity index (χ1) is 25.5. The molecule has 5 aliphatic rings. The van der Waals surface area contributed by atoms with E-state index in [1.165, 1.54) is 11.1 Å². The fourth-order valence-corrected chi connectivity index (χ4v) is 13.7. The molecule has 0 bridgehead atoms. The molecular formula is C47H72N2O6. The lowest BCUT2D eigenvalue weighted by atomic mass is 9.33. The topological polar surface area (TPSA) is 116 Å². The van der Waals surface area contributed by atoms with Crippen LogP contribution in [0.25, 0.3) is 0 Å². The smallest absolute Gasteiger partial charge is 0.309 e. The Kier molecular flexibility index (Phi) is 11.2. The van der Waals surface area contributed by atoms with Gasteiger partial charge in [0.05, 0.1) is 17.9 Å². The van der Waals surface area contributed by atoms with E-state index in [1.54, 1.807) is 13.8 Å². The number of hydrogen-bond acceptors (Lipinski definition) is 7. The van der Waals surface area contributed by atoms with Crippen molar-refractivity contribution >= 4 is 17.7 Å². The molecule has 8 nitrogen and oxygen atoms in total. The minimum atomic E-state index is -1.17. The first kappa shape index (κ1) is 42.1. The quantitative estimate of drug-likeness (QED) is 0.182. The van der Waals surface area contributed by atoms with Gasteiger partial charge in [0.2, 0.25) is 0 Å². The second-order valence-electron chi connectivity index (χ2n) is 21.2.